The summed E-state index contributed by atoms with van der Waals surface area (Å²) in [4.78, 5) is 20.3. The SMILES string of the molecule is CC(O)OC(=O)C(O)C(=O)O. The third-order valence-electron chi connectivity index (χ3n) is 0.744. The molecule has 0 aliphatic heterocycles. The molecule has 0 spiro atoms. The zero-order valence-electron chi connectivity index (χ0n) is 5.72. The third-order valence-corrected chi connectivity index (χ3v) is 0.744. The highest BCUT2D eigenvalue weighted by molar-refractivity contribution is 5.96. The summed E-state index contributed by atoms with van der Waals surface area (Å²) in [6.07, 6.45) is -3.65. The lowest BCUT2D eigenvalue weighted by atomic mass is 10.4. The van der Waals surface area contributed by atoms with E-state index in [0.717, 1.165) is 6.92 Å². The van der Waals surface area contributed by atoms with Gasteiger partial charge < -0.3 is 20.1 Å². The van der Waals surface area contributed by atoms with Gasteiger partial charge in [-0.2, -0.15) is 0 Å². The average molecular weight is 164 g/mol. The van der Waals surface area contributed by atoms with Gasteiger partial charge in [-0.1, -0.05) is 0 Å². The summed E-state index contributed by atoms with van der Waals surface area (Å²) in [5.74, 6) is -3.09. The minimum atomic E-state index is -2.23. The van der Waals surface area contributed by atoms with Gasteiger partial charge >= 0.3 is 11.9 Å². The van der Waals surface area contributed by atoms with Crippen molar-refractivity contribution in [3.05, 3.63) is 0 Å². The van der Waals surface area contributed by atoms with E-state index in [2.05, 4.69) is 4.74 Å². The molecule has 0 aromatic heterocycles. The maximum absolute atomic E-state index is 10.4. The summed E-state index contributed by atoms with van der Waals surface area (Å²) in [5, 5.41) is 24.9. The fraction of sp³-hybridized carbons (Fsp3) is 0.600. The van der Waals surface area contributed by atoms with Crippen LogP contribution in [0.4, 0.5) is 0 Å². The van der Waals surface area contributed by atoms with Crippen LogP contribution in [0.2, 0.25) is 0 Å². The maximum Gasteiger partial charge on any atom is 0.349 e. The predicted octanol–water partition coefficient (Wildman–Crippen LogP) is -1.69. The normalized spacial score (nSPS) is 15.2. The highest BCUT2D eigenvalue weighted by Gasteiger charge is 2.25. The molecule has 0 bridgehead atoms. The van der Waals surface area contributed by atoms with Gasteiger partial charge in [0.05, 0.1) is 0 Å². The highest BCUT2D eigenvalue weighted by atomic mass is 16.6. The van der Waals surface area contributed by atoms with E-state index in [-0.39, 0.29) is 0 Å². The van der Waals surface area contributed by atoms with Crippen LogP contribution in [-0.4, -0.2) is 39.7 Å². The van der Waals surface area contributed by atoms with Gasteiger partial charge in [0.1, 0.15) is 0 Å². The summed E-state index contributed by atoms with van der Waals surface area (Å²) < 4.78 is 3.96. The van der Waals surface area contributed by atoms with Crippen LogP contribution in [0.1, 0.15) is 6.92 Å². The topological polar surface area (TPSA) is 104 Å². The molecule has 0 fully saturated rings. The number of ether oxygens (including phenoxy) is 1. The molecule has 0 radical (unpaired) electrons. The minimum absolute atomic E-state index is 1.12. The standard InChI is InChI=1S/C5H8O6/c1-2(6)11-5(10)3(7)4(8)9/h2-3,6-7H,1H3,(H,8,9). The Morgan fingerprint density at radius 1 is 1.36 bits per heavy atom. The van der Waals surface area contributed by atoms with Crippen LogP contribution in [0.25, 0.3) is 0 Å². The first kappa shape index (κ1) is 9.86. The maximum atomic E-state index is 10.4. The molecular formula is C5H8O6. The molecule has 11 heavy (non-hydrogen) atoms. The van der Waals surface area contributed by atoms with E-state index in [4.69, 9.17) is 15.3 Å². The monoisotopic (exact) mass is 164 g/mol. The molecule has 6 nitrogen and oxygen atoms in total. The van der Waals surface area contributed by atoms with Crippen molar-refractivity contribution in [2.75, 3.05) is 0 Å². The second kappa shape index (κ2) is 3.89. The van der Waals surface area contributed by atoms with Crippen LogP contribution in [0.15, 0.2) is 0 Å². The molecular weight excluding hydrogens is 156 g/mol. The second-order valence-electron chi connectivity index (χ2n) is 1.78. The number of hydrogen-bond donors (Lipinski definition) is 3. The first-order chi connectivity index (χ1) is 4.95. The highest BCUT2D eigenvalue weighted by Crippen LogP contribution is 1.92. The van der Waals surface area contributed by atoms with Gasteiger partial charge in [-0.05, 0) is 6.92 Å². The number of hydrogen-bond acceptors (Lipinski definition) is 5. The summed E-state index contributed by atoms with van der Waals surface area (Å²) >= 11 is 0. The van der Waals surface area contributed by atoms with Gasteiger partial charge in [0.25, 0.3) is 0 Å². The largest absolute Gasteiger partial charge is 0.479 e. The van der Waals surface area contributed by atoms with Crippen molar-refractivity contribution in [3.8, 4) is 0 Å². The molecule has 64 valence electrons. The van der Waals surface area contributed by atoms with E-state index >= 15 is 0 Å². The Bertz CT molecular complexity index is 162. The number of carboxylic acids is 1. The molecule has 0 heterocycles. The minimum Gasteiger partial charge on any atom is -0.479 e. The summed E-state index contributed by atoms with van der Waals surface area (Å²) in [7, 11) is 0. The third kappa shape index (κ3) is 3.54. The lowest BCUT2D eigenvalue weighted by Crippen LogP contribution is -2.33. The molecule has 2 unspecified atom stereocenters. The van der Waals surface area contributed by atoms with E-state index < -0.39 is 24.3 Å². The number of carboxylic acid groups (broad SMARTS) is 1. The van der Waals surface area contributed by atoms with Crippen molar-refractivity contribution in [1.29, 1.82) is 0 Å². The smallest absolute Gasteiger partial charge is 0.349 e. The Balaban J connectivity index is 3.93. The molecule has 0 aliphatic rings. The van der Waals surface area contributed by atoms with Gasteiger partial charge in [0.15, 0.2) is 6.29 Å². The van der Waals surface area contributed by atoms with Gasteiger partial charge in [-0.15, -0.1) is 0 Å². The van der Waals surface area contributed by atoms with Crippen LogP contribution < -0.4 is 0 Å². The van der Waals surface area contributed by atoms with Crippen molar-refractivity contribution in [2.45, 2.75) is 19.3 Å². The van der Waals surface area contributed by atoms with E-state index in [9.17, 15) is 9.59 Å². The van der Waals surface area contributed by atoms with Crippen LogP contribution in [-0.2, 0) is 14.3 Å². The molecule has 0 aromatic carbocycles. The fourth-order valence-electron chi connectivity index (χ4n) is 0.333. The summed E-state index contributed by atoms with van der Waals surface area (Å²) in [5.41, 5.74) is 0. The average Bonchev–Trinajstić information content (AvgIpc) is 1.84. The molecule has 0 aromatic rings. The van der Waals surface area contributed by atoms with Crippen LogP contribution in [0.5, 0.6) is 0 Å². The Morgan fingerprint density at radius 3 is 2.09 bits per heavy atom. The molecule has 0 saturated heterocycles. The Hall–Kier alpha value is -1.14. The van der Waals surface area contributed by atoms with Crippen LogP contribution in [0, 0.1) is 0 Å². The fourth-order valence-corrected chi connectivity index (χ4v) is 0.333. The number of aliphatic hydroxyl groups excluding tert-OH is 2. The lowest BCUT2D eigenvalue weighted by molar-refractivity contribution is -0.180. The Kier molecular flexibility index (Phi) is 3.49. The first-order valence-electron chi connectivity index (χ1n) is 2.74. The molecule has 0 saturated carbocycles. The van der Waals surface area contributed by atoms with Gasteiger partial charge in [-0.25, -0.2) is 9.59 Å². The summed E-state index contributed by atoms with van der Waals surface area (Å²) in [6, 6.07) is 0. The predicted molar refractivity (Wildman–Crippen MR) is 31.4 cm³/mol. The van der Waals surface area contributed by atoms with E-state index in [1.807, 2.05) is 0 Å². The van der Waals surface area contributed by atoms with Crippen molar-refractivity contribution >= 4 is 11.9 Å². The Labute approximate surface area is 62.0 Å². The number of carbonyl (C=O) groups is 2. The zero-order valence-corrected chi connectivity index (χ0v) is 5.72. The number of rotatable bonds is 3. The summed E-state index contributed by atoms with van der Waals surface area (Å²) in [6.45, 7) is 1.12. The number of aliphatic hydroxyl groups is 2. The molecule has 0 aliphatic carbocycles. The quantitative estimate of drug-likeness (QED) is 0.261. The molecule has 6 heteroatoms. The number of aliphatic carboxylic acids is 1. The van der Waals surface area contributed by atoms with E-state index in [1.165, 1.54) is 0 Å². The molecule has 2 atom stereocenters. The van der Waals surface area contributed by atoms with Crippen molar-refractivity contribution in [2.24, 2.45) is 0 Å². The molecule has 3 N–H and O–H groups in total. The number of carbonyl (C=O) groups excluding carboxylic acids is 1. The van der Waals surface area contributed by atoms with Crippen LogP contribution >= 0.6 is 0 Å². The van der Waals surface area contributed by atoms with Crippen molar-refractivity contribution in [3.63, 3.8) is 0 Å². The van der Waals surface area contributed by atoms with E-state index in [0.29, 0.717) is 0 Å². The van der Waals surface area contributed by atoms with Gasteiger partial charge in [0.2, 0.25) is 6.10 Å². The first-order valence-corrected chi connectivity index (χ1v) is 2.74. The van der Waals surface area contributed by atoms with Crippen LogP contribution in [0.3, 0.4) is 0 Å². The molecule has 0 amide bonds. The lowest BCUT2D eigenvalue weighted by Gasteiger charge is -2.07. The van der Waals surface area contributed by atoms with E-state index in [1.54, 1.807) is 0 Å². The van der Waals surface area contributed by atoms with Crippen molar-refractivity contribution in [1.82, 2.24) is 0 Å². The van der Waals surface area contributed by atoms with Gasteiger partial charge in [-0.3, -0.25) is 0 Å². The second-order valence-corrected chi connectivity index (χ2v) is 1.78. The number of esters is 1. The zero-order chi connectivity index (χ0) is 9.02. The molecule has 0 rings (SSSR count). The van der Waals surface area contributed by atoms with Gasteiger partial charge in [0, 0.05) is 0 Å². The van der Waals surface area contributed by atoms with Crippen molar-refractivity contribution < 1.29 is 29.6 Å². The Morgan fingerprint density at radius 2 is 1.82 bits per heavy atom.